The van der Waals surface area contributed by atoms with Crippen LogP contribution in [-0.4, -0.2) is 20.5 Å². The van der Waals surface area contributed by atoms with E-state index in [-0.39, 0.29) is 15.8 Å². The monoisotopic (exact) mass is 314 g/mol. The molecule has 1 saturated carbocycles. The van der Waals surface area contributed by atoms with E-state index in [0.29, 0.717) is 16.7 Å². The molecule has 0 saturated heterocycles. The van der Waals surface area contributed by atoms with Crippen molar-refractivity contribution in [2.45, 2.75) is 43.3 Å². The van der Waals surface area contributed by atoms with Crippen molar-refractivity contribution in [2.24, 2.45) is 11.8 Å². The summed E-state index contributed by atoms with van der Waals surface area (Å²) in [6, 6.07) is 4.65. The Balaban J connectivity index is 2.25. The molecule has 1 aliphatic rings. The molecule has 0 amide bonds. The summed E-state index contributed by atoms with van der Waals surface area (Å²) in [4.78, 5) is 11.7. The number of benzene rings is 1. The van der Waals surface area contributed by atoms with Gasteiger partial charge in [-0.2, -0.15) is 0 Å². The van der Waals surface area contributed by atoms with Crippen molar-refractivity contribution in [1.29, 1.82) is 0 Å². The summed E-state index contributed by atoms with van der Waals surface area (Å²) in [5, 5.41) is 9.37. The van der Waals surface area contributed by atoms with Crippen LogP contribution in [-0.2, 0) is 10.8 Å². The fourth-order valence-electron chi connectivity index (χ4n) is 3.03. The van der Waals surface area contributed by atoms with Crippen LogP contribution in [0, 0.1) is 11.8 Å². The lowest BCUT2D eigenvalue weighted by Gasteiger charge is -2.30. The molecule has 0 aromatic heterocycles. The van der Waals surface area contributed by atoms with Crippen LogP contribution in [0.5, 0.6) is 0 Å². The number of aromatic carboxylic acids is 1. The third kappa shape index (κ3) is 3.41. The average molecular weight is 315 g/mol. The smallest absolute Gasteiger partial charge is 0.337 e. The first-order valence-electron chi connectivity index (χ1n) is 6.82. The summed E-state index contributed by atoms with van der Waals surface area (Å²) in [7, 11) is -1.17. The van der Waals surface area contributed by atoms with Crippen LogP contribution < -0.4 is 0 Å². The Kier molecular flexibility index (Phi) is 4.86. The van der Waals surface area contributed by atoms with Crippen molar-refractivity contribution in [3.8, 4) is 0 Å². The zero-order chi connectivity index (χ0) is 14.9. The van der Waals surface area contributed by atoms with Gasteiger partial charge < -0.3 is 5.11 Å². The molecule has 3 unspecified atom stereocenters. The molecule has 0 radical (unpaired) electrons. The fraction of sp³-hybridized carbons (Fsp3) is 0.533. The van der Waals surface area contributed by atoms with Gasteiger partial charge in [-0.25, -0.2) is 4.79 Å². The number of hydrogen-bond acceptors (Lipinski definition) is 2. The molecule has 2 rings (SSSR count). The van der Waals surface area contributed by atoms with E-state index in [2.05, 4.69) is 13.8 Å². The minimum Gasteiger partial charge on any atom is -0.478 e. The lowest BCUT2D eigenvalue weighted by molar-refractivity contribution is 0.0697. The number of carboxylic acid groups (broad SMARTS) is 1. The predicted molar refractivity (Wildman–Crippen MR) is 80.8 cm³/mol. The molecule has 0 bridgehead atoms. The normalized spacial score (nSPS) is 28.1. The minimum atomic E-state index is -1.17. The van der Waals surface area contributed by atoms with Gasteiger partial charge in [0.25, 0.3) is 0 Å². The molecule has 1 aliphatic carbocycles. The first kappa shape index (κ1) is 15.5. The van der Waals surface area contributed by atoms with Crippen molar-refractivity contribution in [1.82, 2.24) is 0 Å². The Labute approximate surface area is 126 Å². The standard InChI is InChI=1S/C15H19ClO3S/c1-9-5-10(2)7-12(6-9)20(19)11-3-4-14(16)13(8-11)15(17)18/h3-4,8-10,12H,5-7H2,1-2H3,(H,17,18). The third-order valence-corrected chi connectivity index (χ3v) is 5.88. The molecular weight excluding hydrogens is 296 g/mol. The summed E-state index contributed by atoms with van der Waals surface area (Å²) in [6.45, 7) is 4.37. The quantitative estimate of drug-likeness (QED) is 0.918. The number of hydrogen-bond donors (Lipinski definition) is 1. The molecule has 20 heavy (non-hydrogen) atoms. The van der Waals surface area contributed by atoms with Crippen LogP contribution in [0.1, 0.15) is 43.5 Å². The maximum absolute atomic E-state index is 12.7. The molecule has 1 N–H and O–H groups in total. The van der Waals surface area contributed by atoms with Crippen LogP contribution >= 0.6 is 11.6 Å². The van der Waals surface area contributed by atoms with Crippen molar-refractivity contribution in [2.75, 3.05) is 0 Å². The molecule has 3 atom stereocenters. The van der Waals surface area contributed by atoms with Crippen LogP contribution in [0.4, 0.5) is 0 Å². The third-order valence-electron chi connectivity index (χ3n) is 3.84. The first-order chi connectivity index (χ1) is 9.38. The maximum atomic E-state index is 12.7. The maximum Gasteiger partial charge on any atom is 0.337 e. The van der Waals surface area contributed by atoms with Crippen molar-refractivity contribution < 1.29 is 14.1 Å². The van der Waals surface area contributed by atoms with Gasteiger partial charge in [-0.1, -0.05) is 25.4 Å². The molecule has 0 aliphatic heterocycles. The summed E-state index contributed by atoms with van der Waals surface area (Å²) in [6.07, 6.45) is 3.04. The lowest BCUT2D eigenvalue weighted by Crippen LogP contribution is -2.27. The number of halogens is 1. The van der Waals surface area contributed by atoms with Crippen molar-refractivity contribution in [3.63, 3.8) is 0 Å². The summed E-state index contributed by atoms with van der Waals surface area (Å²) >= 11 is 5.85. The highest BCUT2D eigenvalue weighted by Gasteiger charge is 2.29. The Hall–Kier alpha value is -0.870. The summed E-state index contributed by atoms with van der Waals surface area (Å²) in [5.74, 6) is 0.0529. The zero-order valence-corrected chi connectivity index (χ0v) is 13.2. The van der Waals surface area contributed by atoms with Gasteiger partial charge in [0.05, 0.1) is 21.4 Å². The second kappa shape index (κ2) is 6.27. The van der Waals surface area contributed by atoms with Gasteiger partial charge >= 0.3 is 5.97 Å². The molecule has 0 spiro atoms. The van der Waals surface area contributed by atoms with Crippen LogP contribution in [0.2, 0.25) is 5.02 Å². The second-order valence-corrected chi connectivity index (χ2v) is 7.92. The predicted octanol–water partition coefficient (Wildman–Crippen LogP) is 3.97. The van der Waals surface area contributed by atoms with Gasteiger partial charge in [0, 0.05) is 10.1 Å². The van der Waals surface area contributed by atoms with E-state index in [9.17, 15) is 9.00 Å². The Morgan fingerprint density at radius 2 is 1.85 bits per heavy atom. The highest BCUT2D eigenvalue weighted by Crippen LogP contribution is 2.34. The van der Waals surface area contributed by atoms with E-state index in [1.165, 1.54) is 18.6 Å². The van der Waals surface area contributed by atoms with Crippen molar-refractivity contribution >= 4 is 28.4 Å². The first-order valence-corrected chi connectivity index (χ1v) is 8.41. The molecule has 3 nitrogen and oxygen atoms in total. The highest BCUT2D eigenvalue weighted by molar-refractivity contribution is 7.85. The number of carbonyl (C=O) groups is 1. The average Bonchev–Trinajstić information content (AvgIpc) is 2.37. The SMILES string of the molecule is CC1CC(C)CC(S(=O)c2ccc(Cl)c(C(=O)O)c2)C1. The molecule has 110 valence electrons. The second-order valence-electron chi connectivity index (χ2n) is 5.78. The zero-order valence-electron chi connectivity index (χ0n) is 11.6. The van der Waals surface area contributed by atoms with E-state index in [0.717, 1.165) is 12.8 Å². The number of rotatable bonds is 3. The van der Waals surface area contributed by atoms with E-state index in [1.54, 1.807) is 6.07 Å². The lowest BCUT2D eigenvalue weighted by atomic mass is 9.83. The largest absolute Gasteiger partial charge is 0.478 e. The van der Waals surface area contributed by atoms with Gasteiger partial charge in [-0.15, -0.1) is 0 Å². The molecule has 1 aromatic carbocycles. The number of carboxylic acids is 1. The van der Waals surface area contributed by atoms with Crippen LogP contribution in [0.15, 0.2) is 23.1 Å². The van der Waals surface area contributed by atoms with E-state index in [4.69, 9.17) is 16.7 Å². The van der Waals surface area contributed by atoms with Crippen LogP contribution in [0.3, 0.4) is 0 Å². The van der Waals surface area contributed by atoms with Gasteiger partial charge in [0.1, 0.15) is 0 Å². The fourth-order valence-corrected chi connectivity index (χ4v) is 5.06. The highest BCUT2D eigenvalue weighted by atomic mass is 35.5. The Morgan fingerprint density at radius 3 is 2.40 bits per heavy atom. The molecule has 0 heterocycles. The Morgan fingerprint density at radius 1 is 1.25 bits per heavy atom. The Bertz CT molecular complexity index is 534. The topological polar surface area (TPSA) is 54.4 Å². The van der Waals surface area contributed by atoms with Crippen LogP contribution in [0.25, 0.3) is 0 Å². The summed E-state index contributed by atoms with van der Waals surface area (Å²) in [5.41, 5.74) is 0.0226. The summed E-state index contributed by atoms with van der Waals surface area (Å²) < 4.78 is 12.7. The minimum absolute atomic E-state index is 0.0226. The van der Waals surface area contributed by atoms with Gasteiger partial charge in [0.2, 0.25) is 0 Å². The molecule has 1 fully saturated rings. The van der Waals surface area contributed by atoms with E-state index < -0.39 is 16.8 Å². The van der Waals surface area contributed by atoms with Gasteiger partial charge in [-0.3, -0.25) is 4.21 Å². The van der Waals surface area contributed by atoms with Gasteiger partial charge in [0.15, 0.2) is 0 Å². The van der Waals surface area contributed by atoms with Crippen molar-refractivity contribution in [3.05, 3.63) is 28.8 Å². The molecule has 5 heteroatoms. The van der Waals surface area contributed by atoms with Gasteiger partial charge in [-0.05, 0) is 49.3 Å². The van der Waals surface area contributed by atoms with E-state index in [1.807, 2.05) is 0 Å². The molecular formula is C15H19ClO3S. The molecule has 1 aromatic rings. The van der Waals surface area contributed by atoms with E-state index >= 15 is 0 Å².